The molecule has 1 aromatic heterocycles. The van der Waals surface area contributed by atoms with Gasteiger partial charge in [0.15, 0.2) is 0 Å². The normalized spacial score (nSPS) is 13.4. The van der Waals surface area contributed by atoms with Gasteiger partial charge in [-0.15, -0.1) is 0 Å². The molecule has 0 saturated heterocycles. The number of pyridine rings is 1. The number of unbranched alkanes of at least 4 members (excludes halogenated alkanes) is 2. The minimum atomic E-state index is -0.809. The maximum absolute atomic E-state index is 12.6. The summed E-state index contributed by atoms with van der Waals surface area (Å²) in [6.45, 7) is 10.8. The third kappa shape index (κ3) is 5.82. The lowest BCUT2D eigenvalue weighted by molar-refractivity contribution is -0.139. The van der Waals surface area contributed by atoms with E-state index in [9.17, 15) is 4.79 Å². The van der Waals surface area contributed by atoms with Crippen LogP contribution in [0.1, 0.15) is 58.9 Å². The van der Waals surface area contributed by atoms with Crippen LogP contribution < -0.4 is 10.1 Å². The number of aryl methyl sites for hydroxylation is 1. The Hall–Kier alpha value is -1.62. The van der Waals surface area contributed by atoms with Crippen molar-refractivity contribution in [2.75, 3.05) is 18.5 Å². The molecule has 1 heterocycles. The fourth-order valence-corrected chi connectivity index (χ4v) is 2.46. The van der Waals surface area contributed by atoms with Crippen LogP contribution in [0.2, 0.25) is 0 Å². The molecule has 0 unspecified atom stereocenters. The van der Waals surface area contributed by atoms with E-state index in [4.69, 9.17) is 9.47 Å². The molecule has 23 heavy (non-hydrogen) atoms. The standard InChI is InChI=1S/C18H30N2O3/c1-6-9-10-11-18(5,23-8-3)17(21)20-15-12-14(4)16(19-13-15)22-7-2/h12-13H,6-11H2,1-5H3,(H,20,21)/t18-/m1/s1. The van der Waals surface area contributed by atoms with Crippen molar-refractivity contribution in [1.82, 2.24) is 4.98 Å². The summed E-state index contributed by atoms with van der Waals surface area (Å²) < 4.78 is 11.2. The summed E-state index contributed by atoms with van der Waals surface area (Å²) >= 11 is 0. The van der Waals surface area contributed by atoms with Crippen LogP contribution in [0.15, 0.2) is 12.3 Å². The zero-order valence-corrected chi connectivity index (χ0v) is 15.1. The zero-order chi connectivity index (χ0) is 17.3. The van der Waals surface area contributed by atoms with Crippen molar-refractivity contribution < 1.29 is 14.3 Å². The van der Waals surface area contributed by atoms with Crippen molar-refractivity contribution in [1.29, 1.82) is 0 Å². The van der Waals surface area contributed by atoms with E-state index in [1.807, 2.05) is 33.8 Å². The number of aromatic nitrogens is 1. The van der Waals surface area contributed by atoms with E-state index in [1.165, 1.54) is 0 Å². The van der Waals surface area contributed by atoms with Gasteiger partial charge in [0.2, 0.25) is 5.88 Å². The van der Waals surface area contributed by atoms with Gasteiger partial charge in [-0.05, 0) is 40.2 Å². The van der Waals surface area contributed by atoms with E-state index in [-0.39, 0.29) is 5.91 Å². The van der Waals surface area contributed by atoms with Crippen LogP contribution in [0.4, 0.5) is 5.69 Å². The Balaban J connectivity index is 2.79. The molecule has 1 amide bonds. The van der Waals surface area contributed by atoms with Gasteiger partial charge in [-0.1, -0.05) is 26.2 Å². The lowest BCUT2D eigenvalue weighted by Gasteiger charge is -2.28. The highest BCUT2D eigenvalue weighted by Crippen LogP contribution is 2.24. The second-order valence-corrected chi connectivity index (χ2v) is 5.85. The molecule has 0 aliphatic carbocycles. The smallest absolute Gasteiger partial charge is 0.256 e. The summed E-state index contributed by atoms with van der Waals surface area (Å²) in [5.41, 5.74) is 0.752. The Morgan fingerprint density at radius 2 is 2.00 bits per heavy atom. The van der Waals surface area contributed by atoms with Gasteiger partial charge < -0.3 is 14.8 Å². The Bertz CT molecular complexity index is 505. The summed E-state index contributed by atoms with van der Waals surface area (Å²) in [5, 5.41) is 2.92. The Morgan fingerprint density at radius 1 is 1.26 bits per heavy atom. The highest BCUT2D eigenvalue weighted by molar-refractivity contribution is 5.97. The highest BCUT2D eigenvalue weighted by Gasteiger charge is 2.33. The summed E-state index contributed by atoms with van der Waals surface area (Å²) in [5.74, 6) is 0.474. The molecule has 1 rings (SSSR count). The topological polar surface area (TPSA) is 60.5 Å². The quantitative estimate of drug-likeness (QED) is 0.659. The second kappa shape index (κ2) is 9.50. The third-order valence-electron chi connectivity index (χ3n) is 3.77. The van der Waals surface area contributed by atoms with Crippen LogP contribution in [-0.4, -0.2) is 29.7 Å². The van der Waals surface area contributed by atoms with Crippen LogP contribution in [-0.2, 0) is 9.53 Å². The Labute approximate surface area is 139 Å². The SMILES string of the molecule is CCCCC[C@@](C)(OCC)C(=O)Nc1cnc(OCC)c(C)c1. The fraction of sp³-hybridized carbons (Fsp3) is 0.667. The number of hydrogen-bond acceptors (Lipinski definition) is 4. The van der Waals surface area contributed by atoms with Crippen molar-refractivity contribution in [3.63, 3.8) is 0 Å². The Kier molecular flexibility index (Phi) is 8.03. The van der Waals surface area contributed by atoms with Crippen LogP contribution >= 0.6 is 0 Å². The fourth-order valence-electron chi connectivity index (χ4n) is 2.46. The van der Waals surface area contributed by atoms with Crippen molar-refractivity contribution in [3.05, 3.63) is 17.8 Å². The van der Waals surface area contributed by atoms with Crippen LogP contribution in [0.5, 0.6) is 5.88 Å². The van der Waals surface area contributed by atoms with E-state index >= 15 is 0 Å². The molecule has 0 aromatic carbocycles. The van der Waals surface area contributed by atoms with Gasteiger partial charge in [0, 0.05) is 12.2 Å². The van der Waals surface area contributed by atoms with E-state index in [2.05, 4.69) is 17.2 Å². The largest absolute Gasteiger partial charge is 0.478 e. The monoisotopic (exact) mass is 322 g/mol. The van der Waals surface area contributed by atoms with Crippen LogP contribution in [0.3, 0.4) is 0 Å². The summed E-state index contributed by atoms with van der Waals surface area (Å²) in [7, 11) is 0. The molecular weight excluding hydrogens is 292 g/mol. The van der Waals surface area contributed by atoms with E-state index < -0.39 is 5.60 Å². The van der Waals surface area contributed by atoms with Gasteiger partial charge in [-0.2, -0.15) is 0 Å². The number of anilines is 1. The van der Waals surface area contributed by atoms with Gasteiger partial charge >= 0.3 is 0 Å². The number of amides is 1. The molecule has 1 aromatic rings. The third-order valence-corrected chi connectivity index (χ3v) is 3.77. The van der Waals surface area contributed by atoms with Crippen LogP contribution in [0, 0.1) is 6.92 Å². The van der Waals surface area contributed by atoms with Crippen LogP contribution in [0.25, 0.3) is 0 Å². The van der Waals surface area contributed by atoms with Gasteiger partial charge in [-0.3, -0.25) is 4.79 Å². The molecule has 0 radical (unpaired) electrons. The first kappa shape index (κ1) is 19.4. The highest BCUT2D eigenvalue weighted by atomic mass is 16.5. The number of hydrogen-bond donors (Lipinski definition) is 1. The van der Waals surface area contributed by atoms with Gasteiger partial charge in [-0.25, -0.2) is 4.98 Å². The molecule has 5 heteroatoms. The predicted molar refractivity (Wildman–Crippen MR) is 92.9 cm³/mol. The van der Waals surface area contributed by atoms with Gasteiger partial charge in [0.1, 0.15) is 5.60 Å². The van der Waals surface area contributed by atoms with E-state index in [0.717, 1.165) is 24.8 Å². The first-order valence-corrected chi connectivity index (χ1v) is 8.51. The molecule has 1 atom stereocenters. The lowest BCUT2D eigenvalue weighted by Crippen LogP contribution is -2.42. The minimum absolute atomic E-state index is 0.124. The van der Waals surface area contributed by atoms with Crippen molar-refractivity contribution in [2.45, 2.75) is 65.9 Å². The van der Waals surface area contributed by atoms with Gasteiger partial charge in [0.05, 0.1) is 18.5 Å². The molecule has 0 bridgehead atoms. The predicted octanol–water partition coefficient (Wildman–Crippen LogP) is 4.10. The number of nitrogens with zero attached hydrogens (tertiary/aromatic N) is 1. The molecule has 5 nitrogen and oxygen atoms in total. The number of nitrogens with one attached hydrogen (secondary N) is 1. The minimum Gasteiger partial charge on any atom is -0.478 e. The van der Waals surface area contributed by atoms with Crippen molar-refractivity contribution >= 4 is 11.6 Å². The maximum Gasteiger partial charge on any atom is 0.256 e. The summed E-state index contributed by atoms with van der Waals surface area (Å²) in [4.78, 5) is 16.9. The molecular formula is C18H30N2O3. The number of rotatable bonds is 10. The van der Waals surface area contributed by atoms with Gasteiger partial charge in [0.25, 0.3) is 5.91 Å². The van der Waals surface area contributed by atoms with E-state index in [0.29, 0.717) is 31.2 Å². The molecule has 0 fully saturated rings. The number of carbonyl (C=O) groups excluding carboxylic acids is 1. The number of ether oxygens (including phenoxy) is 2. The molecule has 130 valence electrons. The number of carbonyl (C=O) groups is 1. The maximum atomic E-state index is 12.6. The molecule has 0 aliphatic rings. The molecule has 0 aliphatic heterocycles. The first-order valence-electron chi connectivity index (χ1n) is 8.51. The molecule has 1 N–H and O–H groups in total. The second-order valence-electron chi connectivity index (χ2n) is 5.85. The molecule has 0 saturated carbocycles. The average molecular weight is 322 g/mol. The van der Waals surface area contributed by atoms with E-state index in [1.54, 1.807) is 6.20 Å². The lowest BCUT2D eigenvalue weighted by atomic mass is 9.96. The average Bonchev–Trinajstić information content (AvgIpc) is 2.50. The first-order chi connectivity index (χ1) is 11.0. The zero-order valence-electron chi connectivity index (χ0n) is 15.1. The Morgan fingerprint density at radius 3 is 2.57 bits per heavy atom. The van der Waals surface area contributed by atoms with Crippen molar-refractivity contribution in [2.24, 2.45) is 0 Å². The molecule has 0 spiro atoms. The summed E-state index contributed by atoms with van der Waals surface area (Å²) in [6.07, 6.45) is 5.52. The van der Waals surface area contributed by atoms with Crippen molar-refractivity contribution in [3.8, 4) is 5.88 Å². The summed E-state index contributed by atoms with van der Waals surface area (Å²) in [6, 6.07) is 1.87.